The van der Waals surface area contributed by atoms with Gasteiger partial charge in [0.1, 0.15) is 0 Å². The van der Waals surface area contributed by atoms with Crippen LogP contribution in [0, 0.1) is 11.8 Å². The highest BCUT2D eigenvalue weighted by atomic mass is 16.2. The molecular weight excluding hydrogens is 242 g/mol. The van der Waals surface area contributed by atoms with Crippen molar-refractivity contribution in [1.29, 1.82) is 0 Å². The molecule has 2 amide bonds. The first-order chi connectivity index (χ1) is 9.04. The fraction of sp³-hybridized carbons (Fsp3) is 0.857. The smallest absolute Gasteiger partial charge is 0.223 e. The maximum absolute atomic E-state index is 12.0. The number of carbonyl (C=O) groups is 2. The summed E-state index contributed by atoms with van der Waals surface area (Å²) in [5, 5.41) is 5.66. The molecule has 3 unspecified atom stereocenters. The molecule has 1 fully saturated rings. The van der Waals surface area contributed by atoms with Crippen molar-refractivity contribution < 1.29 is 9.59 Å². The van der Waals surface area contributed by atoms with E-state index in [0.717, 1.165) is 25.7 Å². The van der Waals surface area contributed by atoms with Crippen molar-refractivity contribution in [3.05, 3.63) is 0 Å². The first-order valence-electron chi connectivity index (χ1n) is 7.34. The zero-order valence-corrected chi connectivity index (χ0v) is 12.1. The third kappa shape index (κ3) is 5.59. The van der Waals surface area contributed by atoms with E-state index in [1.165, 1.54) is 0 Å². The zero-order valence-electron chi connectivity index (χ0n) is 12.1. The Morgan fingerprint density at radius 3 is 2.58 bits per heavy atom. The molecule has 0 heterocycles. The van der Waals surface area contributed by atoms with Crippen molar-refractivity contribution in [2.45, 2.75) is 52.0 Å². The fourth-order valence-corrected chi connectivity index (χ4v) is 2.61. The molecule has 0 radical (unpaired) electrons. The van der Waals surface area contributed by atoms with Crippen LogP contribution in [-0.4, -0.2) is 30.9 Å². The van der Waals surface area contributed by atoms with Gasteiger partial charge in [-0.1, -0.05) is 13.8 Å². The molecule has 1 aliphatic carbocycles. The van der Waals surface area contributed by atoms with E-state index < -0.39 is 0 Å². The number of hydrogen-bond donors (Lipinski definition) is 3. The summed E-state index contributed by atoms with van der Waals surface area (Å²) in [4.78, 5) is 23.4. The van der Waals surface area contributed by atoms with Gasteiger partial charge in [0, 0.05) is 31.5 Å². The highest BCUT2D eigenvalue weighted by molar-refractivity contribution is 5.80. The van der Waals surface area contributed by atoms with Crippen molar-refractivity contribution in [2.24, 2.45) is 17.6 Å². The second-order valence-corrected chi connectivity index (χ2v) is 5.55. The molecule has 0 spiro atoms. The Morgan fingerprint density at radius 1 is 1.21 bits per heavy atom. The van der Waals surface area contributed by atoms with Gasteiger partial charge in [0.05, 0.1) is 0 Å². The summed E-state index contributed by atoms with van der Waals surface area (Å²) in [5.74, 6) is 0.458. The minimum atomic E-state index is 0.000801. The molecule has 0 aromatic rings. The summed E-state index contributed by atoms with van der Waals surface area (Å²) >= 11 is 0. The van der Waals surface area contributed by atoms with Crippen molar-refractivity contribution in [3.63, 3.8) is 0 Å². The third-order valence-corrected chi connectivity index (χ3v) is 3.77. The van der Waals surface area contributed by atoms with Crippen LogP contribution in [0.3, 0.4) is 0 Å². The van der Waals surface area contributed by atoms with Gasteiger partial charge in [-0.05, 0) is 31.6 Å². The first-order valence-corrected chi connectivity index (χ1v) is 7.34. The highest BCUT2D eigenvalue weighted by Gasteiger charge is 2.30. The third-order valence-electron chi connectivity index (χ3n) is 3.77. The van der Waals surface area contributed by atoms with Crippen LogP contribution in [0.4, 0.5) is 0 Å². The Labute approximate surface area is 115 Å². The van der Waals surface area contributed by atoms with Crippen molar-refractivity contribution in [2.75, 3.05) is 13.1 Å². The summed E-state index contributed by atoms with van der Waals surface area (Å²) in [6.45, 7) is 5.21. The van der Waals surface area contributed by atoms with Crippen LogP contribution in [0.2, 0.25) is 0 Å². The topological polar surface area (TPSA) is 84.2 Å². The van der Waals surface area contributed by atoms with E-state index in [0.29, 0.717) is 25.4 Å². The van der Waals surface area contributed by atoms with Crippen LogP contribution >= 0.6 is 0 Å². The number of rotatable bonds is 6. The van der Waals surface area contributed by atoms with E-state index in [4.69, 9.17) is 5.73 Å². The predicted molar refractivity (Wildman–Crippen MR) is 75.4 cm³/mol. The van der Waals surface area contributed by atoms with Crippen molar-refractivity contribution >= 4 is 11.8 Å². The molecule has 5 heteroatoms. The first kappa shape index (κ1) is 16.0. The van der Waals surface area contributed by atoms with Crippen LogP contribution < -0.4 is 16.4 Å². The van der Waals surface area contributed by atoms with E-state index in [1.54, 1.807) is 0 Å². The van der Waals surface area contributed by atoms with Gasteiger partial charge in [0.15, 0.2) is 0 Å². The van der Waals surface area contributed by atoms with E-state index >= 15 is 0 Å². The number of nitrogens with one attached hydrogen (secondary N) is 2. The summed E-state index contributed by atoms with van der Waals surface area (Å²) in [6.07, 6.45) is 3.97. The molecule has 0 aromatic carbocycles. The molecule has 1 aliphatic rings. The average molecular weight is 269 g/mol. The van der Waals surface area contributed by atoms with Gasteiger partial charge in [0.25, 0.3) is 0 Å². The average Bonchev–Trinajstić information content (AvgIpc) is 2.36. The summed E-state index contributed by atoms with van der Waals surface area (Å²) in [7, 11) is 0. The number of carbonyl (C=O) groups excluding carboxylic acids is 2. The molecule has 0 bridgehead atoms. The van der Waals surface area contributed by atoms with Crippen LogP contribution in [-0.2, 0) is 9.59 Å². The van der Waals surface area contributed by atoms with E-state index in [2.05, 4.69) is 17.6 Å². The van der Waals surface area contributed by atoms with Crippen molar-refractivity contribution in [3.8, 4) is 0 Å². The van der Waals surface area contributed by atoms with Gasteiger partial charge in [-0.2, -0.15) is 0 Å². The van der Waals surface area contributed by atoms with Crippen LogP contribution in [0.5, 0.6) is 0 Å². The zero-order chi connectivity index (χ0) is 14.3. The molecule has 1 saturated carbocycles. The minimum Gasteiger partial charge on any atom is -0.356 e. The molecule has 0 saturated heterocycles. The predicted octanol–water partition coefficient (Wildman–Crippen LogP) is 0.782. The standard InChI is InChI=1S/C14H27N3O2/c1-3-7-16-13(18)6-8-17-14(19)12-5-4-11(15)9-10(12)2/h10-12H,3-9,15H2,1-2H3,(H,16,18)(H,17,19). The second-order valence-electron chi connectivity index (χ2n) is 5.55. The van der Waals surface area contributed by atoms with Gasteiger partial charge in [-0.15, -0.1) is 0 Å². The van der Waals surface area contributed by atoms with Gasteiger partial charge in [0.2, 0.25) is 11.8 Å². The van der Waals surface area contributed by atoms with E-state index in [9.17, 15) is 9.59 Å². The van der Waals surface area contributed by atoms with Gasteiger partial charge in [-0.25, -0.2) is 0 Å². The molecule has 0 aromatic heterocycles. The Kier molecular flexibility index (Phi) is 6.84. The number of amides is 2. The maximum atomic E-state index is 12.0. The van der Waals surface area contributed by atoms with Crippen LogP contribution in [0.25, 0.3) is 0 Å². The Bertz CT molecular complexity index is 307. The fourth-order valence-electron chi connectivity index (χ4n) is 2.61. The molecule has 19 heavy (non-hydrogen) atoms. The normalized spacial score (nSPS) is 26.8. The number of hydrogen-bond acceptors (Lipinski definition) is 3. The quantitative estimate of drug-likeness (QED) is 0.666. The molecule has 5 nitrogen and oxygen atoms in total. The summed E-state index contributed by atoms with van der Waals surface area (Å²) < 4.78 is 0. The molecule has 1 rings (SSSR count). The lowest BCUT2D eigenvalue weighted by atomic mass is 9.78. The Balaban J connectivity index is 2.22. The van der Waals surface area contributed by atoms with Crippen LogP contribution in [0.15, 0.2) is 0 Å². The molecule has 110 valence electrons. The largest absolute Gasteiger partial charge is 0.356 e. The monoisotopic (exact) mass is 269 g/mol. The molecular formula is C14H27N3O2. The van der Waals surface area contributed by atoms with Crippen LogP contribution in [0.1, 0.15) is 46.0 Å². The van der Waals surface area contributed by atoms with E-state index in [-0.39, 0.29) is 23.8 Å². The maximum Gasteiger partial charge on any atom is 0.223 e. The van der Waals surface area contributed by atoms with Gasteiger partial charge < -0.3 is 16.4 Å². The van der Waals surface area contributed by atoms with Crippen molar-refractivity contribution in [1.82, 2.24) is 10.6 Å². The van der Waals surface area contributed by atoms with Gasteiger partial charge in [-0.3, -0.25) is 9.59 Å². The summed E-state index contributed by atoms with van der Waals surface area (Å²) in [5.41, 5.74) is 5.89. The SMILES string of the molecule is CCCNC(=O)CCNC(=O)C1CCC(N)CC1C. The summed E-state index contributed by atoms with van der Waals surface area (Å²) in [6, 6.07) is 0.235. The van der Waals surface area contributed by atoms with Gasteiger partial charge >= 0.3 is 0 Å². The lowest BCUT2D eigenvalue weighted by molar-refractivity contribution is -0.127. The molecule has 3 atom stereocenters. The minimum absolute atomic E-state index is 0.000801. The van der Waals surface area contributed by atoms with E-state index in [1.807, 2.05) is 6.92 Å². The second kappa shape index (κ2) is 8.15. The molecule has 0 aliphatic heterocycles. The molecule has 4 N–H and O–H groups in total. The Hall–Kier alpha value is -1.10. The number of nitrogens with two attached hydrogens (primary N) is 1. The lowest BCUT2D eigenvalue weighted by Gasteiger charge is -2.31. The lowest BCUT2D eigenvalue weighted by Crippen LogP contribution is -2.41. The Morgan fingerprint density at radius 2 is 1.95 bits per heavy atom. The highest BCUT2D eigenvalue weighted by Crippen LogP contribution is 2.29.